The van der Waals surface area contributed by atoms with Crippen molar-refractivity contribution < 1.29 is 20.1 Å². The second kappa shape index (κ2) is 2.55. The topological polar surface area (TPSA) is 77.8 Å². The van der Waals surface area contributed by atoms with Gasteiger partial charge in [0.05, 0.1) is 6.61 Å². The predicted octanol–water partition coefficient (Wildman–Crippen LogP) is -1.18. The van der Waals surface area contributed by atoms with Gasteiger partial charge in [-0.25, -0.2) is 0 Å². The minimum Gasteiger partial charge on any atom is -0.393 e. The zero-order chi connectivity index (χ0) is 8.54. The van der Waals surface area contributed by atoms with Crippen molar-refractivity contribution in [1.29, 1.82) is 0 Å². The maximum Gasteiger partial charge on any atom is 0.154 e. The van der Waals surface area contributed by atoms with E-state index in [1.807, 2.05) is 0 Å². The van der Waals surface area contributed by atoms with Gasteiger partial charge >= 0.3 is 0 Å². The Hall–Kier alpha value is -0.450. The minimum absolute atomic E-state index is 0.230. The molecule has 2 unspecified atom stereocenters. The average molecular weight is 160 g/mol. The van der Waals surface area contributed by atoms with E-state index >= 15 is 0 Å². The Bertz CT molecular complexity index is 170. The van der Waals surface area contributed by atoms with Crippen LogP contribution in [0.1, 0.15) is 19.3 Å². The summed E-state index contributed by atoms with van der Waals surface area (Å²) in [6, 6.07) is 0. The highest BCUT2D eigenvalue weighted by atomic mass is 16.4. The molecule has 64 valence electrons. The van der Waals surface area contributed by atoms with Crippen LogP contribution in [0.5, 0.6) is 0 Å². The first-order valence-corrected chi connectivity index (χ1v) is 3.60. The molecule has 0 aromatic rings. The molecule has 1 aliphatic carbocycles. The third kappa shape index (κ3) is 1.07. The molecule has 0 saturated heterocycles. The summed E-state index contributed by atoms with van der Waals surface area (Å²) >= 11 is 0. The van der Waals surface area contributed by atoms with Crippen molar-refractivity contribution in [3.05, 3.63) is 0 Å². The van der Waals surface area contributed by atoms with Gasteiger partial charge in [-0.1, -0.05) is 0 Å². The highest BCUT2D eigenvalue weighted by Crippen LogP contribution is 2.37. The number of hydrogen-bond acceptors (Lipinski definition) is 4. The maximum atomic E-state index is 10.4. The first-order valence-electron chi connectivity index (χ1n) is 3.60. The number of aldehydes is 1. The number of rotatable bonds is 2. The van der Waals surface area contributed by atoms with Crippen molar-refractivity contribution >= 4 is 6.29 Å². The lowest BCUT2D eigenvalue weighted by Gasteiger charge is -2.31. The second-order valence-corrected chi connectivity index (χ2v) is 3.09. The van der Waals surface area contributed by atoms with Crippen LogP contribution >= 0.6 is 0 Å². The van der Waals surface area contributed by atoms with E-state index in [0.717, 1.165) is 0 Å². The fourth-order valence-corrected chi connectivity index (χ4v) is 1.48. The first-order chi connectivity index (χ1) is 5.08. The fourth-order valence-electron chi connectivity index (χ4n) is 1.48. The summed E-state index contributed by atoms with van der Waals surface area (Å²) in [7, 11) is 0. The Morgan fingerprint density at radius 3 is 2.36 bits per heavy atom. The molecule has 0 radical (unpaired) electrons. The standard InChI is InChI=1S/C7H12O4/c8-4-6(10)2-1-3-7(6,11)5-9/h4,9-11H,1-3,5H2. The van der Waals surface area contributed by atoms with E-state index < -0.39 is 17.8 Å². The van der Waals surface area contributed by atoms with Gasteiger partial charge in [0.2, 0.25) is 0 Å². The van der Waals surface area contributed by atoms with Gasteiger partial charge in [0, 0.05) is 0 Å². The van der Waals surface area contributed by atoms with E-state index in [-0.39, 0.29) is 12.8 Å². The van der Waals surface area contributed by atoms with Crippen molar-refractivity contribution in [3.63, 3.8) is 0 Å². The number of hydrogen-bond donors (Lipinski definition) is 3. The van der Waals surface area contributed by atoms with Crippen LogP contribution in [0, 0.1) is 0 Å². The molecule has 0 bridgehead atoms. The van der Waals surface area contributed by atoms with Crippen LogP contribution in [0.25, 0.3) is 0 Å². The highest BCUT2D eigenvalue weighted by Gasteiger charge is 2.52. The molecule has 3 N–H and O–H groups in total. The predicted molar refractivity (Wildman–Crippen MR) is 36.9 cm³/mol. The Morgan fingerprint density at radius 2 is 2.00 bits per heavy atom. The van der Waals surface area contributed by atoms with Gasteiger partial charge in [-0.2, -0.15) is 0 Å². The zero-order valence-corrected chi connectivity index (χ0v) is 6.16. The van der Waals surface area contributed by atoms with Crippen molar-refractivity contribution in [1.82, 2.24) is 0 Å². The third-order valence-corrected chi connectivity index (χ3v) is 2.41. The summed E-state index contributed by atoms with van der Waals surface area (Å²) in [5, 5.41) is 27.7. The molecule has 1 saturated carbocycles. The molecule has 1 aliphatic rings. The van der Waals surface area contributed by atoms with E-state index in [1.165, 1.54) is 0 Å². The van der Waals surface area contributed by atoms with Crippen LogP contribution in [0.2, 0.25) is 0 Å². The second-order valence-electron chi connectivity index (χ2n) is 3.09. The summed E-state index contributed by atoms with van der Waals surface area (Å²) in [6.07, 6.45) is 1.38. The van der Waals surface area contributed by atoms with E-state index in [2.05, 4.69) is 0 Å². The lowest BCUT2D eigenvalue weighted by Crippen LogP contribution is -2.53. The Labute approximate surface area is 64.5 Å². The molecular formula is C7H12O4. The molecule has 4 heteroatoms. The number of aliphatic hydroxyl groups excluding tert-OH is 1. The zero-order valence-electron chi connectivity index (χ0n) is 6.16. The monoisotopic (exact) mass is 160 g/mol. The van der Waals surface area contributed by atoms with Gasteiger partial charge in [0.25, 0.3) is 0 Å². The molecule has 11 heavy (non-hydrogen) atoms. The van der Waals surface area contributed by atoms with Crippen LogP contribution in [-0.2, 0) is 4.79 Å². The Morgan fingerprint density at radius 1 is 1.36 bits per heavy atom. The van der Waals surface area contributed by atoms with Crippen LogP contribution < -0.4 is 0 Å². The molecule has 0 heterocycles. The van der Waals surface area contributed by atoms with E-state index in [0.29, 0.717) is 12.7 Å². The third-order valence-electron chi connectivity index (χ3n) is 2.41. The van der Waals surface area contributed by atoms with E-state index in [9.17, 15) is 15.0 Å². The van der Waals surface area contributed by atoms with Crippen molar-refractivity contribution in [2.45, 2.75) is 30.5 Å². The summed E-state index contributed by atoms with van der Waals surface area (Å²) in [4.78, 5) is 10.4. The normalized spacial score (nSPS) is 44.3. The van der Waals surface area contributed by atoms with Crippen molar-refractivity contribution in [2.24, 2.45) is 0 Å². The Balaban J connectivity index is 2.87. The van der Waals surface area contributed by atoms with Crippen LogP contribution in [-0.4, -0.2) is 39.4 Å². The Kier molecular flexibility index (Phi) is 2.00. The number of carbonyl (C=O) groups is 1. The average Bonchev–Trinajstić information content (AvgIpc) is 2.31. The quantitative estimate of drug-likeness (QED) is 0.444. The fraction of sp³-hybridized carbons (Fsp3) is 0.857. The molecule has 1 fully saturated rings. The molecule has 0 aromatic heterocycles. The molecule has 0 spiro atoms. The first kappa shape index (κ1) is 8.64. The van der Waals surface area contributed by atoms with Gasteiger partial charge in [0.1, 0.15) is 5.60 Å². The summed E-state index contributed by atoms with van der Waals surface area (Å²) in [5.74, 6) is 0. The molecule has 1 rings (SSSR count). The van der Waals surface area contributed by atoms with Gasteiger partial charge in [-0.15, -0.1) is 0 Å². The SMILES string of the molecule is O=CC1(O)CCCC1(O)CO. The molecule has 4 nitrogen and oxygen atoms in total. The largest absolute Gasteiger partial charge is 0.393 e. The minimum atomic E-state index is -1.73. The smallest absolute Gasteiger partial charge is 0.154 e. The van der Waals surface area contributed by atoms with E-state index in [1.54, 1.807) is 0 Å². The van der Waals surface area contributed by atoms with Gasteiger partial charge < -0.3 is 20.1 Å². The van der Waals surface area contributed by atoms with Crippen molar-refractivity contribution in [3.8, 4) is 0 Å². The molecule has 0 amide bonds. The molecular weight excluding hydrogens is 148 g/mol. The number of aliphatic hydroxyl groups is 3. The van der Waals surface area contributed by atoms with Crippen molar-refractivity contribution in [2.75, 3.05) is 6.61 Å². The summed E-state index contributed by atoms with van der Waals surface area (Å²) < 4.78 is 0. The van der Waals surface area contributed by atoms with Crippen LogP contribution in [0.3, 0.4) is 0 Å². The van der Waals surface area contributed by atoms with Crippen LogP contribution in [0.4, 0.5) is 0 Å². The summed E-state index contributed by atoms with van der Waals surface area (Å²) in [6.45, 7) is -0.567. The highest BCUT2D eigenvalue weighted by molar-refractivity contribution is 5.65. The van der Waals surface area contributed by atoms with Gasteiger partial charge in [0.15, 0.2) is 11.9 Å². The lowest BCUT2D eigenvalue weighted by molar-refractivity contribution is -0.161. The van der Waals surface area contributed by atoms with Gasteiger partial charge in [-0.05, 0) is 19.3 Å². The number of carbonyl (C=O) groups excluding carboxylic acids is 1. The van der Waals surface area contributed by atoms with E-state index in [4.69, 9.17) is 5.11 Å². The summed E-state index contributed by atoms with van der Waals surface area (Å²) in [5.41, 5.74) is -3.35. The van der Waals surface area contributed by atoms with Crippen LogP contribution in [0.15, 0.2) is 0 Å². The molecule has 0 aliphatic heterocycles. The molecule has 0 aromatic carbocycles. The maximum absolute atomic E-state index is 10.4. The molecule has 2 atom stereocenters. The lowest BCUT2D eigenvalue weighted by atomic mass is 9.88. The van der Waals surface area contributed by atoms with Gasteiger partial charge in [-0.3, -0.25) is 0 Å².